The van der Waals surface area contributed by atoms with Gasteiger partial charge in [-0.05, 0) is 37.9 Å². The summed E-state index contributed by atoms with van der Waals surface area (Å²) in [6.07, 6.45) is 3.80. The second-order valence-corrected chi connectivity index (χ2v) is 4.59. The maximum absolute atomic E-state index is 5.88. The maximum atomic E-state index is 5.88. The Balaban J connectivity index is 1.92. The highest BCUT2D eigenvalue weighted by Gasteiger charge is 2.13. The lowest BCUT2D eigenvalue weighted by Gasteiger charge is -2.24. The highest BCUT2D eigenvalue weighted by Crippen LogP contribution is 2.24. The summed E-state index contributed by atoms with van der Waals surface area (Å²) in [5.74, 6) is 1.78. The summed E-state index contributed by atoms with van der Waals surface area (Å²) in [6, 6.07) is 6.44. The van der Waals surface area contributed by atoms with E-state index in [9.17, 15) is 0 Å². The van der Waals surface area contributed by atoms with E-state index < -0.39 is 0 Å². The lowest BCUT2D eigenvalue weighted by atomic mass is 10.1. The summed E-state index contributed by atoms with van der Waals surface area (Å²) in [4.78, 5) is 0. The van der Waals surface area contributed by atoms with Crippen molar-refractivity contribution in [3.63, 3.8) is 0 Å². The molecule has 0 radical (unpaired) electrons. The van der Waals surface area contributed by atoms with E-state index in [1.54, 1.807) is 7.11 Å². The minimum absolute atomic E-state index is 0.495. The molecule has 1 saturated heterocycles. The molecule has 3 heteroatoms. The van der Waals surface area contributed by atoms with E-state index in [4.69, 9.17) is 9.47 Å². The first kappa shape index (κ1) is 12.2. The van der Waals surface area contributed by atoms with Gasteiger partial charge in [0.25, 0.3) is 0 Å². The number of piperidine rings is 1. The van der Waals surface area contributed by atoms with E-state index in [0.29, 0.717) is 6.04 Å². The van der Waals surface area contributed by atoms with Gasteiger partial charge in [0.1, 0.15) is 18.1 Å². The fraction of sp³-hybridized carbons (Fsp3) is 0.571. The number of ether oxygens (including phenoxy) is 2. The Kier molecular flexibility index (Phi) is 4.26. The molecule has 2 rings (SSSR count). The predicted octanol–water partition coefficient (Wildman–Crippen LogP) is 2.52. The Labute approximate surface area is 103 Å². The van der Waals surface area contributed by atoms with Crippen molar-refractivity contribution in [3.05, 3.63) is 23.8 Å². The number of rotatable bonds is 4. The molecule has 0 bridgehead atoms. The Bertz CT molecular complexity index is 359. The number of nitrogens with one attached hydrogen (secondary N) is 1. The smallest absolute Gasteiger partial charge is 0.125 e. The minimum Gasteiger partial charge on any atom is -0.497 e. The molecule has 1 aliphatic rings. The third kappa shape index (κ3) is 3.37. The zero-order chi connectivity index (χ0) is 12.1. The van der Waals surface area contributed by atoms with Crippen LogP contribution in [0.15, 0.2) is 18.2 Å². The van der Waals surface area contributed by atoms with Crippen LogP contribution in [-0.2, 0) is 0 Å². The highest BCUT2D eigenvalue weighted by molar-refractivity contribution is 5.39. The molecule has 1 atom stereocenters. The number of methoxy groups -OCH3 is 1. The van der Waals surface area contributed by atoms with E-state index in [2.05, 4.69) is 12.2 Å². The van der Waals surface area contributed by atoms with E-state index >= 15 is 0 Å². The Morgan fingerprint density at radius 1 is 1.35 bits per heavy atom. The van der Waals surface area contributed by atoms with Gasteiger partial charge in [0, 0.05) is 12.1 Å². The van der Waals surface area contributed by atoms with Crippen molar-refractivity contribution in [1.82, 2.24) is 5.32 Å². The minimum atomic E-state index is 0.495. The van der Waals surface area contributed by atoms with E-state index in [-0.39, 0.29) is 0 Å². The molecule has 0 spiro atoms. The van der Waals surface area contributed by atoms with Gasteiger partial charge in [-0.1, -0.05) is 12.5 Å². The maximum Gasteiger partial charge on any atom is 0.125 e. The van der Waals surface area contributed by atoms with Gasteiger partial charge in [-0.15, -0.1) is 0 Å². The summed E-state index contributed by atoms with van der Waals surface area (Å²) in [6.45, 7) is 3.92. The summed E-state index contributed by atoms with van der Waals surface area (Å²) in [5.41, 5.74) is 1.15. The lowest BCUT2D eigenvalue weighted by molar-refractivity contribution is 0.237. The van der Waals surface area contributed by atoms with Crippen molar-refractivity contribution < 1.29 is 9.47 Å². The van der Waals surface area contributed by atoms with Gasteiger partial charge in [-0.25, -0.2) is 0 Å². The van der Waals surface area contributed by atoms with Crippen molar-refractivity contribution in [1.29, 1.82) is 0 Å². The van der Waals surface area contributed by atoms with Gasteiger partial charge in [-0.3, -0.25) is 0 Å². The van der Waals surface area contributed by atoms with Crippen LogP contribution in [0.3, 0.4) is 0 Å². The second-order valence-electron chi connectivity index (χ2n) is 4.59. The molecule has 17 heavy (non-hydrogen) atoms. The van der Waals surface area contributed by atoms with E-state index in [1.165, 1.54) is 19.3 Å². The normalized spacial score (nSPS) is 20.0. The van der Waals surface area contributed by atoms with Gasteiger partial charge in [0.2, 0.25) is 0 Å². The fourth-order valence-electron chi connectivity index (χ4n) is 2.12. The van der Waals surface area contributed by atoms with Crippen LogP contribution < -0.4 is 14.8 Å². The van der Waals surface area contributed by atoms with Crippen molar-refractivity contribution >= 4 is 0 Å². The summed E-state index contributed by atoms with van der Waals surface area (Å²) < 4.78 is 11.1. The number of hydrogen-bond acceptors (Lipinski definition) is 3. The largest absolute Gasteiger partial charge is 0.497 e. The van der Waals surface area contributed by atoms with E-state index in [0.717, 1.165) is 30.2 Å². The van der Waals surface area contributed by atoms with Crippen LogP contribution in [0, 0.1) is 6.92 Å². The van der Waals surface area contributed by atoms with Crippen LogP contribution in [0.5, 0.6) is 11.5 Å². The SMILES string of the molecule is COc1ccc(C)c(OCC2CCCCN2)c1. The lowest BCUT2D eigenvalue weighted by Crippen LogP contribution is -2.38. The van der Waals surface area contributed by atoms with Gasteiger partial charge in [-0.2, -0.15) is 0 Å². The average Bonchev–Trinajstić information content (AvgIpc) is 2.39. The first-order valence-corrected chi connectivity index (χ1v) is 6.30. The van der Waals surface area contributed by atoms with E-state index in [1.807, 2.05) is 18.2 Å². The molecule has 0 aliphatic carbocycles. The van der Waals surface area contributed by atoms with Gasteiger partial charge in [0.05, 0.1) is 7.11 Å². The van der Waals surface area contributed by atoms with Crippen LogP contribution in [-0.4, -0.2) is 26.3 Å². The van der Waals surface area contributed by atoms with Crippen LogP contribution in [0.25, 0.3) is 0 Å². The molecule has 1 aliphatic heterocycles. The molecule has 1 N–H and O–H groups in total. The van der Waals surface area contributed by atoms with Crippen molar-refractivity contribution in [2.75, 3.05) is 20.3 Å². The van der Waals surface area contributed by atoms with Crippen LogP contribution in [0.2, 0.25) is 0 Å². The summed E-state index contributed by atoms with van der Waals surface area (Å²) in [7, 11) is 1.68. The molecule has 0 aromatic heterocycles. The first-order valence-electron chi connectivity index (χ1n) is 6.30. The van der Waals surface area contributed by atoms with Crippen LogP contribution in [0.4, 0.5) is 0 Å². The molecular formula is C14H21NO2. The van der Waals surface area contributed by atoms with Crippen molar-refractivity contribution in [2.24, 2.45) is 0 Å². The molecule has 0 amide bonds. The van der Waals surface area contributed by atoms with Crippen molar-refractivity contribution in [3.8, 4) is 11.5 Å². The molecule has 94 valence electrons. The van der Waals surface area contributed by atoms with Gasteiger partial charge < -0.3 is 14.8 Å². The van der Waals surface area contributed by atoms with Crippen molar-refractivity contribution in [2.45, 2.75) is 32.2 Å². The monoisotopic (exact) mass is 235 g/mol. The number of aryl methyl sites for hydroxylation is 1. The predicted molar refractivity (Wildman–Crippen MR) is 68.9 cm³/mol. The Hall–Kier alpha value is -1.22. The summed E-state index contributed by atoms with van der Waals surface area (Å²) >= 11 is 0. The standard InChI is InChI=1S/C14H21NO2/c1-11-6-7-13(16-2)9-14(11)17-10-12-5-3-4-8-15-12/h6-7,9,12,15H,3-5,8,10H2,1-2H3. The zero-order valence-electron chi connectivity index (χ0n) is 10.7. The molecular weight excluding hydrogens is 214 g/mol. The molecule has 1 fully saturated rings. The zero-order valence-corrected chi connectivity index (χ0v) is 10.7. The molecule has 1 unspecified atom stereocenters. The average molecular weight is 235 g/mol. The highest BCUT2D eigenvalue weighted by atomic mass is 16.5. The van der Waals surface area contributed by atoms with Gasteiger partial charge in [0.15, 0.2) is 0 Å². The Morgan fingerprint density at radius 2 is 2.24 bits per heavy atom. The fourth-order valence-corrected chi connectivity index (χ4v) is 2.12. The molecule has 1 aromatic rings. The molecule has 1 aromatic carbocycles. The quantitative estimate of drug-likeness (QED) is 0.870. The topological polar surface area (TPSA) is 30.5 Å². The molecule has 1 heterocycles. The Morgan fingerprint density at radius 3 is 2.94 bits per heavy atom. The molecule has 3 nitrogen and oxygen atoms in total. The summed E-state index contributed by atoms with van der Waals surface area (Å²) in [5, 5.41) is 3.48. The van der Waals surface area contributed by atoms with Crippen LogP contribution >= 0.6 is 0 Å². The third-order valence-electron chi connectivity index (χ3n) is 3.25. The number of hydrogen-bond donors (Lipinski definition) is 1. The second kappa shape index (κ2) is 5.92. The third-order valence-corrected chi connectivity index (χ3v) is 3.25. The van der Waals surface area contributed by atoms with Crippen LogP contribution in [0.1, 0.15) is 24.8 Å². The first-order chi connectivity index (χ1) is 8.29. The van der Waals surface area contributed by atoms with Gasteiger partial charge >= 0.3 is 0 Å². The number of benzene rings is 1. The molecule has 0 saturated carbocycles.